The highest BCUT2D eigenvalue weighted by Crippen LogP contribution is 2.55. The van der Waals surface area contributed by atoms with Gasteiger partial charge in [0.25, 0.3) is 0 Å². The van der Waals surface area contributed by atoms with E-state index in [0.717, 1.165) is 6.42 Å². The molecule has 5 nitrogen and oxygen atoms in total. The summed E-state index contributed by atoms with van der Waals surface area (Å²) in [4.78, 5) is 0.0936. The Balaban J connectivity index is 1.46. The van der Waals surface area contributed by atoms with Crippen molar-refractivity contribution >= 4 is 10.0 Å². The van der Waals surface area contributed by atoms with Crippen molar-refractivity contribution < 1.29 is 17.9 Å². The third-order valence-corrected chi connectivity index (χ3v) is 8.06. The molecule has 1 atom stereocenters. The largest absolute Gasteiger partial charge is 0.497 e. The second-order valence-electron chi connectivity index (χ2n) is 8.15. The summed E-state index contributed by atoms with van der Waals surface area (Å²) in [7, 11) is -0.781. The molecule has 2 bridgehead atoms. The van der Waals surface area contributed by atoms with Crippen molar-refractivity contribution in [2.45, 2.75) is 23.2 Å². The summed E-state index contributed by atoms with van der Waals surface area (Å²) in [6.07, 6.45) is 0.927. The van der Waals surface area contributed by atoms with Gasteiger partial charge < -0.3 is 9.47 Å². The van der Waals surface area contributed by atoms with E-state index in [1.165, 1.54) is 42.5 Å². The van der Waals surface area contributed by atoms with Crippen LogP contribution in [0, 0.1) is 5.92 Å². The van der Waals surface area contributed by atoms with E-state index in [4.69, 9.17) is 9.47 Å². The number of fused-ring (bicyclic) bond motifs is 1. The summed E-state index contributed by atoms with van der Waals surface area (Å²) in [6, 6.07) is 21.9. The minimum Gasteiger partial charge on any atom is -0.497 e. The van der Waals surface area contributed by atoms with Gasteiger partial charge in [0.05, 0.1) is 14.2 Å². The molecule has 0 heterocycles. The number of rotatable bonds is 6. The van der Waals surface area contributed by atoms with Crippen LogP contribution in [-0.4, -0.2) is 29.2 Å². The number of sulfonamides is 1. The van der Waals surface area contributed by atoms with Crippen LogP contribution >= 0.6 is 0 Å². The Hall–Kier alpha value is -2.83. The normalized spacial score (nSPS) is 21.3. The van der Waals surface area contributed by atoms with Crippen molar-refractivity contribution in [3.63, 3.8) is 0 Å². The van der Waals surface area contributed by atoms with E-state index in [-0.39, 0.29) is 16.7 Å². The maximum absolute atomic E-state index is 13.2. The van der Waals surface area contributed by atoms with E-state index in [0.29, 0.717) is 24.0 Å². The zero-order chi connectivity index (χ0) is 21.6. The molecule has 0 amide bonds. The van der Waals surface area contributed by atoms with Gasteiger partial charge in [0.1, 0.15) is 16.4 Å². The van der Waals surface area contributed by atoms with Gasteiger partial charge in [-0.25, -0.2) is 13.1 Å². The van der Waals surface area contributed by atoms with E-state index in [9.17, 15) is 8.42 Å². The fourth-order valence-electron chi connectivity index (χ4n) is 5.25. The molecule has 31 heavy (non-hydrogen) atoms. The topological polar surface area (TPSA) is 64.6 Å². The molecule has 6 heteroatoms. The van der Waals surface area contributed by atoms with Crippen molar-refractivity contribution in [1.29, 1.82) is 0 Å². The van der Waals surface area contributed by atoms with Crippen molar-refractivity contribution in [2.75, 3.05) is 20.8 Å². The molecule has 3 aliphatic carbocycles. The van der Waals surface area contributed by atoms with Gasteiger partial charge in [-0.05, 0) is 46.7 Å². The lowest BCUT2D eigenvalue weighted by Gasteiger charge is -2.45. The van der Waals surface area contributed by atoms with E-state index in [1.54, 1.807) is 12.1 Å². The monoisotopic (exact) mass is 435 g/mol. The minimum atomic E-state index is -3.76. The summed E-state index contributed by atoms with van der Waals surface area (Å²) in [5, 5.41) is 0. The molecule has 3 aromatic carbocycles. The molecule has 1 N–H and O–H groups in total. The van der Waals surface area contributed by atoms with E-state index < -0.39 is 10.0 Å². The summed E-state index contributed by atoms with van der Waals surface area (Å²) >= 11 is 0. The first kappa shape index (κ1) is 20.1. The highest BCUT2D eigenvalue weighted by atomic mass is 32.2. The average molecular weight is 436 g/mol. The van der Waals surface area contributed by atoms with Gasteiger partial charge in [-0.2, -0.15) is 0 Å². The second-order valence-corrected chi connectivity index (χ2v) is 9.89. The Morgan fingerprint density at radius 2 is 1.48 bits per heavy atom. The lowest BCUT2D eigenvalue weighted by Crippen LogP contribution is -2.39. The molecule has 1 unspecified atom stereocenters. The van der Waals surface area contributed by atoms with Crippen molar-refractivity contribution in [3.05, 3.63) is 89.0 Å². The average Bonchev–Trinajstić information content (AvgIpc) is 2.82. The molecule has 0 saturated carbocycles. The fourth-order valence-corrected chi connectivity index (χ4v) is 6.52. The van der Waals surface area contributed by atoms with Crippen LogP contribution in [0.25, 0.3) is 0 Å². The Kier molecular flexibility index (Phi) is 4.99. The highest BCUT2D eigenvalue weighted by Gasteiger charge is 2.43. The third-order valence-electron chi connectivity index (χ3n) is 6.62. The smallest absolute Gasteiger partial charge is 0.244 e. The lowest BCUT2D eigenvalue weighted by molar-refractivity contribution is 0.354. The molecule has 0 aromatic heterocycles. The van der Waals surface area contributed by atoms with Crippen molar-refractivity contribution in [2.24, 2.45) is 5.92 Å². The molecule has 0 aliphatic heterocycles. The van der Waals surface area contributed by atoms with Crippen LogP contribution in [0.15, 0.2) is 71.6 Å². The van der Waals surface area contributed by atoms with Gasteiger partial charge >= 0.3 is 0 Å². The molecule has 6 rings (SSSR count). The molecular weight excluding hydrogens is 410 g/mol. The number of hydrogen-bond acceptors (Lipinski definition) is 4. The van der Waals surface area contributed by atoms with Gasteiger partial charge in [-0.15, -0.1) is 0 Å². The van der Waals surface area contributed by atoms with E-state index >= 15 is 0 Å². The van der Waals surface area contributed by atoms with E-state index in [1.807, 2.05) is 0 Å². The van der Waals surface area contributed by atoms with Crippen molar-refractivity contribution in [3.8, 4) is 11.5 Å². The fraction of sp³-hybridized carbons (Fsp3) is 0.280. The Morgan fingerprint density at radius 1 is 0.871 bits per heavy atom. The number of nitrogens with one attached hydrogen (secondary N) is 1. The quantitative estimate of drug-likeness (QED) is 0.628. The summed E-state index contributed by atoms with van der Waals surface area (Å²) in [5.41, 5.74) is 5.39. The highest BCUT2D eigenvalue weighted by molar-refractivity contribution is 7.89. The molecule has 3 aliphatic rings. The molecule has 0 fully saturated rings. The number of hydrogen-bond donors (Lipinski definition) is 1. The van der Waals surface area contributed by atoms with Crippen LogP contribution in [0.2, 0.25) is 0 Å². The van der Waals surface area contributed by atoms with Gasteiger partial charge in [0.15, 0.2) is 0 Å². The second kappa shape index (κ2) is 7.70. The molecule has 0 spiro atoms. The summed E-state index contributed by atoms with van der Waals surface area (Å²) < 4.78 is 39.7. The lowest BCUT2D eigenvalue weighted by atomic mass is 9.59. The SMILES string of the molecule is COc1ccc(OC)c(S(=O)(=O)NCC2CC3c4ccccc4C2c2ccccc23)c1. The van der Waals surface area contributed by atoms with Gasteiger partial charge in [0.2, 0.25) is 10.0 Å². The van der Waals surface area contributed by atoms with Crippen LogP contribution < -0.4 is 14.2 Å². The Morgan fingerprint density at radius 3 is 2.06 bits per heavy atom. The predicted octanol–water partition coefficient (Wildman–Crippen LogP) is 4.28. The minimum absolute atomic E-state index is 0.0936. The molecule has 0 saturated heterocycles. The molecule has 3 aromatic rings. The summed E-state index contributed by atoms with van der Waals surface area (Å²) in [6.45, 7) is 0.368. The molecule has 160 valence electrons. The van der Waals surface area contributed by atoms with Crippen LogP contribution in [0.1, 0.15) is 40.5 Å². The number of methoxy groups -OCH3 is 2. The zero-order valence-corrected chi connectivity index (χ0v) is 18.4. The Bertz CT molecular complexity index is 1190. The van der Waals surface area contributed by atoms with Crippen molar-refractivity contribution in [1.82, 2.24) is 4.72 Å². The Labute approximate surface area is 183 Å². The van der Waals surface area contributed by atoms with E-state index in [2.05, 4.69) is 53.3 Å². The first-order valence-electron chi connectivity index (χ1n) is 10.4. The van der Waals surface area contributed by atoms with Crippen LogP contribution in [-0.2, 0) is 10.0 Å². The van der Waals surface area contributed by atoms with Crippen LogP contribution in [0.3, 0.4) is 0 Å². The number of ether oxygens (including phenoxy) is 2. The van der Waals surface area contributed by atoms with Crippen LogP contribution in [0.5, 0.6) is 11.5 Å². The molecular formula is C25H25NO4S. The van der Waals surface area contributed by atoms with Crippen LogP contribution in [0.4, 0.5) is 0 Å². The first-order valence-corrected chi connectivity index (χ1v) is 11.9. The molecule has 0 radical (unpaired) electrons. The summed E-state index contributed by atoms with van der Waals surface area (Å²) in [5.74, 6) is 1.45. The maximum Gasteiger partial charge on any atom is 0.244 e. The van der Waals surface area contributed by atoms with Gasteiger partial charge in [-0.1, -0.05) is 48.5 Å². The predicted molar refractivity (Wildman–Crippen MR) is 119 cm³/mol. The standard InChI is InChI=1S/C25H25NO4S/c1-29-17-11-12-23(30-2)24(14-17)31(27,28)26-15-16-13-22-18-7-3-5-9-20(18)25(16)21-10-6-4-8-19(21)22/h3-12,14,16,22,25-26H,13,15H2,1-2H3. The zero-order valence-electron chi connectivity index (χ0n) is 17.5. The number of benzene rings is 3. The third kappa shape index (κ3) is 3.30. The van der Waals surface area contributed by atoms with Gasteiger partial charge in [0, 0.05) is 24.4 Å². The first-order chi connectivity index (χ1) is 15.0. The maximum atomic E-state index is 13.2. The van der Waals surface area contributed by atoms with Gasteiger partial charge in [-0.3, -0.25) is 0 Å².